The van der Waals surface area contributed by atoms with Gasteiger partial charge in [-0.3, -0.25) is 0 Å². The molecule has 88 valence electrons. The van der Waals surface area contributed by atoms with Gasteiger partial charge >= 0.3 is 0 Å². The van der Waals surface area contributed by atoms with Crippen molar-refractivity contribution in [1.29, 1.82) is 5.26 Å². The molecule has 0 N–H and O–H groups in total. The van der Waals surface area contributed by atoms with Crippen LogP contribution in [-0.4, -0.2) is 0 Å². The molecule has 0 heterocycles. The molecular weight excluding hydrogens is 206 g/mol. The van der Waals surface area contributed by atoms with Crippen LogP contribution < -0.4 is 0 Å². The molecule has 0 saturated heterocycles. The summed E-state index contributed by atoms with van der Waals surface area (Å²) in [5.41, 5.74) is 3.94. The number of nitriles is 1. The zero-order valence-electron chi connectivity index (χ0n) is 10.4. The maximum absolute atomic E-state index is 9.40. The Labute approximate surface area is 104 Å². The first kappa shape index (κ1) is 11.9. The van der Waals surface area contributed by atoms with Crippen molar-refractivity contribution in [1.82, 2.24) is 0 Å². The zero-order valence-corrected chi connectivity index (χ0v) is 10.4. The van der Waals surface area contributed by atoms with Gasteiger partial charge in [0, 0.05) is 0 Å². The predicted molar refractivity (Wildman–Crippen MR) is 70.6 cm³/mol. The van der Waals surface area contributed by atoms with E-state index in [1.165, 1.54) is 43.3 Å². The van der Waals surface area contributed by atoms with E-state index in [0.717, 1.165) is 5.56 Å². The zero-order chi connectivity index (χ0) is 12.1. The predicted octanol–water partition coefficient (Wildman–Crippen LogP) is 4.57. The Hall–Kier alpha value is -1.55. The monoisotopic (exact) mass is 225 g/mol. The Balaban J connectivity index is 2.27. The Bertz CT molecular complexity index is 428. The summed E-state index contributed by atoms with van der Waals surface area (Å²) in [7, 11) is 0. The summed E-state index contributed by atoms with van der Waals surface area (Å²) < 4.78 is 0. The van der Waals surface area contributed by atoms with E-state index in [9.17, 15) is 5.26 Å². The average molecular weight is 225 g/mol. The first-order valence-electron chi connectivity index (χ1n) is 6.46. The van der Waals surface area contributed by atoms with Gasteiger partial charge in [-0.25, -0.2) is 0 Å². The lowest BCUT2D eigenvalue weighted by Gasteiger charge is -2.20. The largest absolute Gasteiger partial charge is 0.197 e. The van der Waals surface area contributed by atoms with Gasteiger partial charge in [0.15, 0.2) is 0 Å². The maximum Gasteiger partial charge on any atom is 0.0922 e. The summed E-state index contributed by atoms with van der Waals surface area (Å²) in [6.07, 6.45) is 6.31. The number of nitrogens with zero attached hydrogens (tertiary/aromatic N) is 1. The number of benzene rings is 1. The third-order valence-corrected chi connectivity index (χ3v) is 3.71. The highest BCUT2D eigenvalue weighted by Crippen LogP contribution is 2.32. The summed E-state index contributed by atoms with van der Waals surface area (Å²) >= 11 is 0. The van der Waals surface area contributed by atoms with Crippen LogP contribution in [0, 0.1) is 11.3 Å². The Morgan fingerprint density at radius 3 is 2.35 bits per heavy atom. The highest BCUT2D eigenvalue weighted by molar-refractivity contribution is 5.36. The second kappa shape index (κ2) is 5.68. The van der Waals surface area contributed by atoms with E-state index >= 15 is 0 Å². The quantitative estimate of drug-likeness (QED) is 0.676. The van der Waals surface area contributed by atoms with E-state index in [0.29, 0.717) is 0 Å². The van der Waals surface area contributed by atoms with Crippen LogP contribution in [0.3, 0.4) is 0 Å². The van der Waals surface area contributed by atoms with Gasteiger partial charge in [0.05, 0.1) is 12.0 Å². The molecule has 1 fully saturated rings. The second-order valence-electron chi connectivity index (χ2n) is 4.82. The molecule has 1 atom stereocenters. The number of hydrogen-bond donors (Lipinski definition) is 0. The Morgan fingerprint density at radius 2 is 1.76 bits per heavy atom. The molecule has 1 saturated carbocycles. The van der Waals surface area contributed by atoms with E-state index < -0.39 is 0 Å². The van der Waals surface area contributed by atoms with Gasteiger partial charge in [0.2, 0.25) is 0 Å². The van der Waals surface area contributed by atoms with Gasteiger partial charge < -0.3 is 0 Å². The third-order valence-electron chi connectivity index (χ3n) is 3.71. The van der Waals surface area contributed by atoms with Crippen LogP contribution >= 0.6 is 0 Å². The molecule has 1 nitrogen and oxygen atoms in total. The Morgan fingerprint density at radius 1 is 1.12 bits per heavy atom. The fourth-order valence-electron chi connectivity index (χ4n) is 2.64. The van der Waals surface area contributed by atoms with Crippen molar-refractivity contribution in [3.63, 3.8) is 0 Å². The summed E-state index contributed by atoms with van der Waals surface area (Å²) in [6, 6.07) is 12.6. The van der Waals surface area contributed by atoms with Gasteiger partial charge in [0.25, 0.3) is 0 Å². The minimum atomic E-state index is -0.0516. The molecule has 2 rings (SSSR count). The van der Waals surface area contributed by atoms with E-state index in [1.807, 2.05) is 18.2 Å². The molecule has 0 aromatic heterocycles. The van der Waals surface area contributed by atoms with Crippen molar-refractivity contribution < 1.29 is 0 Å². The molecule has 1 aliphatic rings. The van der Waals surface area contributed by atoms with Gasteiger partial charge in [-0.1, -0.05) is 47.9 Å². The van der Waals surface area contributed by atoms with Crippen molar-refractivity contribution in [3.05, 3.63) is 47.0 Å². The van der Waals surface area contributed by atoms with Crippen LogP contribution in [0.5, 0.6) is 0 Å². The van der Waals surface area contributed by atoms with Crippen molar-refractivity contribution in [2.75, 3.05) is 0 Å². The van der Waals surface area contributed by atoms with Crippen LogP contribution in [0.25, 0.3) is 0 Å². The molecule has 1 heteroatoms. The number of allylic oxidation sites excluding steroid dienone is 2. The standard InChI is InChI=1S/C16H19N/c1-13(14-8-4-2-5-9-14)16(12-17)15-10-6-3-7-11-15/h3,6-7,10-11,16H,2,4-5,8-9H2,1H3. The van der Waals surface area contributed by atoms with Gasteiger partial charge in [-0.05, 0) is 38.2 Å². The highest BCUT2D eigenvalue weighted by atomic mass is 14.3. The van der Waals surface area contributed by atoms with Crippen LogP contribution in [0.4, 0.5) is 0 Å². The van der Waals surface area contributed by atoms with Crippen LogP contribution in [0.2, 0.25) is 0 Å². The summed E-state index contributed by atoms with van der Waals surface area (Å²) in [4.78, 5) is 0. The van der Waals surface area contributed by atoms with Crippen LogP contribution in [-0.2, 0) is 0 Å². The van der Waals surface area contributed by atoms with Crippen molar-refractivity contribution in [2.45, 2.75) is 44.9 Å². The molecule has 1 unspecified atom stereocenters. The highest BCUT2D eigenvalue weighted by Gasteiger charge is 2.17. The van der Waals surface area contributed by atoms with Crippen LogP contribution in [0.15, 0.2) is 41.5 Å². The summed E-state index contributed by atoms with van der Waals surface area (Å²) in [5.74, 6) is -0.0516. The average Bonchev–Trinajstić information content (AvgIpc) is 2.42. The fraction of sp³-hybridized carbons (Fsp3) is 0.438. The molecule has 0 aliphatic heterocycles. The minimum Gasteiger partial charge on any atom is -0.197 e. The molecule has 0 radical (unpaired) electrons. The lowest BCUT2D eigenvalue weighted by atomic mass is 9.84. The Kier molecular flexibility index (Phi) is 3.98. The topological polar surface area (TPSA) is 23.8 Å². The van der Waals surface area contributed by atoms with Crippen molar-refractivity contribution in [3.8, 4) is 6.07 Å². The van der Waals surface area contributed by atoms with Gasteiger partial charge in [0.1, 0.15) is 0 Å². The molecule has 0 spiro atoms. The smallest absolute Gasteiger partial charge is 0.0922 e. The summed E-state index contributed by atoms with van der Waals surface area (Å²) in [5, 5.41) is 9.40. The molecule has 17 heavy (non-hydrogen) atoms. The number of rotatable bonds is 2. The second-order valence-corrected chi connectivity index (χ2v) is 4.82. The molecule has 1 aromatic rings. The van der Waals surface area contributed by atoms with E-state index in [2.05, 4.69) is 25.1 Å². The van der Waals surface area contributed by atoms with Crippen LogP contribution in [0.1, 0.15) is 50.5 Å². The lowest BCUT2D eigenvalue weighted by molar-refractivity contribution is 0.589. The first-order chi connectivity index (χ1) is 8.33. The fourth-order valence-corrected chi connectivity index (χ4v) is 2.64. The SMILES string of the molecule is CC(=C1CCCCC1)C(C#N)c1ccccc1. The third kappa shape index (κ3) is 2.77. The van der Waals surface area contributed by atoms with Crippen molar-refractivity contribution >= 4 is 0 Å². The lowest BCUT2D eigenvalue weighted by Crippen LogP contribution is -2.04. The van der Waals surface area contributed by atoms with Gasteiger partial charge in [-0.15, -0.1) is 0 Å². The normalized spacial score (nSPS) is 17.3. The minimum absolute atomic E-state index is 0.0516. The molecule has 0 bridgehead atoms. The van der Waals surface area contributed by atoms with E-state index in [1.54, 1.807) is 0 Å². The molecular formula is C16H19N. The molecule has 1 aliphatic carbocycles. The van der Waals surface area contributed by atoms with Crippen molar-refractivity contribution in [2.24, 2.45) is 0 Å². The maximum atomic E-state index is 9.40. The molecule has 1 aromatic carbocycles. The van der Waals surface area contributed by atoms with E-state index in [-0.39, 0.29) is 5.92 Å². The summed E-state index contributed by atoms with van der Waals surface area (Å²) in [6.45, 7) is 2.14. The molecule has 0 amide bonds. The van der Waals surface area contributed by atoms with Gasteiger partial charge in [-0.2, -0.15) is 5.26 Å². The first-order valence-corrected chi connectivity index (χ1v) is 6.46. The van der Waals surface area contributed by atoms with E-state index in [4.69, 9.17) is 0 Å². The number of hydrogen-bond acceptors (Lipinski definition) is 1.